The Hall–Kier alpha value is -4.11. The van der Waals surface area contributed by atoms with Crippen LogP contribution in [0.25, 0.3) is 22.2 Å². The molecule has 1 atom stereocenters. The van der Waals surface area contributed by atoms with Gasteiger partial charge in [-0.2, -0.15) is 4.98 Å². The number of carbonyl (C=O) groups excluding carboxylic acids is 1. The minimum atomic E-state index is -0.359. The molecule has 0 saturated carbocycles. The Kier molecular flexibility index (Phi) is 6.83. The molecule has 9 heteroatoms. The number of nitrogens with one attached hydrogen (secondary N) is 1. The van der Waals surface area contributed by atoms with Crippen molar-refractivity contribution in [3.05, 3.63) is 88.1 Å². The van der Waals surface area contributed by atoms with E-state index in [-0.39, 0.29) is 29.4 Å². The molecular weight excluding hydrogens is 497 g/mol. The van der Waals surface area contributed by atoms with Crippen LogP contribution in [-0.4, -0.2) is 57.7 Å². The van der Waals surface area contributed by atoms with Crippen molar-refractivity contribution in [2.24, 2.45) is 0 Å². The van der Waals surface area contributed by atoms with Crippen LogP contribution < -0.4 is 10.9 Å². The van der Waals surface area contributed by atoms with Crippen LogP contribution in [0.1, 0.15) is 41.2 Å². The molecule has 0 radical (unpaired) electrons. The number of aryl methyl sites for hydroxylation is 1. The highest BCUT2D eigenvalue weighted by Gasteiger charge is 2.26. The molecule has 4 aromatic rings. The molecule has 2 fully saturated rings. The van der Waals surface area contributed by atoms with Gasteiger partial charge in [-0.3, -0.25) is 14.2 Å². The number of hydrogen-bond acceptors (Lipinski definition) is 6. The van der Waals surface area contributed by atoms with E-state index in [1.54, 1.807) is 15.7 Å². The zero-order valence-electron chi connectivity index (χ0n) is 21.8. The summed E-state index contributed by atoms with van der Waals surface area (Å²) < 4.78 is 20.6. The summed E-state index contributed by atoms with van der Waals surface area (Å²) in [4.78, 5) is 37.8. The van der Waals surface area contributed by atoms with E-state index in [1.165, 1.54) is 24.3 Å². The molecule has 6 rings (SSSR count). The number of amides is 1. The van der Waals surface area contributed by atoms with E-state index in [4.69, 9.17) is 9.72 Å². The third kappa shape index (κ3) is 5.02. The number of aromatic nitrogens is 3. The van der Waals surface area contributed by atoms with E-state index in [0.29, 0.717) is 49.0 Å². The molecule has 0 bridgehead atoms. The standard InChI is InChI=1S/C30H30FN5O3/c1-19-4-2-3-5-25(19)26-16-21-17-32-30(34-27(21)36(29(26)38)24-12-15-39-18-24)33-23-10-13-35(14-11-23)28(37)20-6-8-22(31)9-7-20/h2-9,16-17,23-24H,10-15,18H2,1H3,(H,32,33,34)/t24-/m0/s1. The number of hydrogen-bond donors (Lipinski definition) is 1. The van der Waals surface area contributed by atoms with Crippen molar-refractivity contribution in [3.63, 3.8) is 0 Å². The quantitative estimate of drug-likeness (QED) is 0.409. The maximum absolute atomic E-state index is 13.8. The number of anilines is 1. The summed E-state index contributed by atoms with van der Waals surface area (Å²) in [6, 6.07) is 15.4. The molecule has 8 nitrogen and oxygen atoms in total. The lowest BCUT2D eigenvalue weighted by Gasteiger charge is -2.32. The van der Waals surface area contributed by atoms with Gasteiger partial charge in [-0.1, -0.05) is 24.3 Å². The predicted molar refractivity (Wildman–Crippen MR) is 147 cm³/mol. The van der Waals surface area contributed by atoms with Gasteiger partial charge in [0, 0.05) is 48.4 Å². The van der Waals surface area contributed by atoms with Gasteiger partial charge in [-0.25, -0.2) is 9.37 Å². The van der Waals surface area contributed by atoms with Gasteiger partial charge in [-0.15, -0.1) is 0 Å². The third-order valence-electron chi connectivity index (χ3n) is 7.69. The Morgan fingerprint density at radius 3 is 2.54 bits per heavy atom. The van der Waals surface area contributed by atoms with Crippen molar-refractivity contribution in [3.8, 4) is 11.1 Å². The van der Waals surface area contributed by atoms with Crippen molar-refractivity contribution in [2.75, 3.05) is 31.6 Å². The first-order chi connectivity index (χ1) is 19.0. The predicted octanol–water partition coefficient (Wildman–Crippen LogP) is 4.58. The lowest BCUT2D eigenvalue weighted by molar-refractivity contribution is 0.0718. The first-order valence-corrected chi connectivity index (χ1v) is 13.4. The molecule has 2 aliphatic rings. The SMILES string of the molecule is Cc1ccccc1-c1cc2cnc(NC3CCN(C(=O)c4ccc(F)cc4)CC3)nc2n([C@H]2CCOC2)c1=O. The average Bonchev–Trinajstić information content (AvgIpc) is 3.48. The van der Waals surface area contributed by atoms with Gasteiger partial charge in [0.2, 0.25) is 5.95 Å². The summed E-state index contributed by atoms with van der Waals surface area (Å²) in [5.74, 6) is 0.00584. The van der Waals surface area contributed by atoms with Crippen LogP contribution in [0.5, 0.6) is 0 Å². The molecule has 39 heavy (non-hydrogen) atoms. The number of carbonyl (C=O) groups is 1. The molecule has 2 aromatic carbocycles. The van der Waals surface area contributed by atoms with Gasteiger partial charge in [0.25, 0.3) is 11.5 Å². The van der Waals surface area contributed by atoms with Crippen LogP contribution in [0, 0.1) is 12.7 Å². The third-order valence-corrected chi connectivity index (χ3v) is 7.69. The van der Waals surface area contributed by atoms with E-state index in [2.05, 4.69) is 10.3 Å². The monoisotopic (exact) mass is 527 g/mol. The molecule has 0 spiro atoms. The zero-order valence-corrected chi connectivity index (χ0v) is 21.8. The van der Waals surface area contributed by atoms with Crippen molar-refractivity contribution < 1.29 is 13.9 Å². The van der Waals surface area contributed by atoms with Crippen LogP contribution in [0.15, 0.2) is 65.6 Å². The summed E-state index contributed by atoms with van der Waals surface area (Å²) in [6.07, 6.45) is 3.97. The Balaban J connectivity index is 1.25. The van der Waals surface area contributed by atoms with Gasteiger partial charge >= 0.3 is 0 Å². The largest absolute Gasteiger partial charge is 0.379 e. The minimum absolute atomic E-state index is 0.0791. The van der Waals surface area contributed by atoms with Crippen LogP contribution in [0.3, 0.4) is 0 Å². The molecule has 0 aliphatic carbocycles. The van der Waals surface area contributed by atoms with Gasteiger partial charge in [0.1, 0.15) is 11.5 Å². The van der Waals surface area contributed by atoms with Gasteiger partial charge in [0.15, 0.2) is 0 Å². The molecule has 1 N–H and O–H groups in total. The smallest absolute Gasteiger partial charge is 0.260 e. The first kappa shape index (κ1) is 25.2. The average molecular weight is 528 g/mol. The Labute approximate surface area is 225 Å². The summed E-state index contributed by atoms with van der Waals surface area (Å²) >= 11 is 0. The van der Waals surface area contributed by atoms with E-state index >= 15 is 0 Å². The number of rotatable bonds is 5. The van der Waals surface area contributed by atoms with Gasteiger partial charge < -0.3 is 15.0 Å². The number of ether oxygens (including phenoxy) is 1. The summed E-state index contributed by atoms with van der Waals surface area (Å²) in [6.45, 7) is 4.24. The number of pyridine rings is 1. The highest BCUT2D eigenvalue weighted by atomic mass is 19.1. The second-order valence-electron chi connectivity index (χ2n) is 10.3. The highest BCUT2D eigenvalue weighted by Crippen LogP contribution is 2.28. The maximum atomic E-state index is 13.8. The first-order valence-electron chi connectivity index (χ1n) is 13.4. The Morgan fingerprint density at radius 2 is 1.82 bits per heavy atom. The van der Waals surface area contributed by atoms with Crippen molar-refractivity contribution in [1.82, 2.24) is 19.4 Å². The lowest BCUT2D eigenvalue weighted by Crippen LogP contribution is -2.42. The number of piperidine rings is 1. The summed E-state index contributed by atoms with van der Waals surface area (Å²) in [5, 5.41) is 4.21. The number of nitrogens with zero attached hydrogens (tertiary/aromatic N) is 4. The second kappa shape index (κ2) is 10.6. The normalized spacial score (nSPS) is 18.0. The number of likely N-dealkylation sites (tertiary alicyclic amines) is 1. The second-order valence-corrected chi connectivity index (χ2v) is 10.3. The van der Waals surface area contributed by atoms with Crippen LogP contribution >= 0.6 is 0 Å². The van der Waals surface area contributed by atoms with E-state index in [0.717, 1.165) is 35.8 Å². The maximum Gasteiger partial charge on any atom is 0.260 e. The van der Waals surface area contributed by atoms with Gasteiger partial charge in [-0.05, 0) is 67.6 Å². The van der Waals surface area contributed by atoms with Crippen molar-refractivity contribution >= 4 is 22.9 Å². The number of halogens is 1. The fraction of sp³-hybridized carbons (Fsp3) is 0.333. The fourth-order valence-electron chi connectivity index (χ4n) is 5.51. The molecule has 2 saturated heterocycles. The lowest BCUT2D eigenvalue weighted by atomic mass is 10.0. The fourth-order valence-corrected chi connectivity index (χ4v) is 5.51. The molecule has 0 unspecified atom stereocenters. The van der Waals surface area contributed by atoms with Crippen LogP contribution in [-0.2, 0) is 4.74 Å². The Bertz CT molecular complexity index is 1570. The van der Waals surface area contributed by atoms with E-state index in [1.807, 2.05) is 37.3 Å². The van der Waals surface area contributed by atoms with Crippen LogP contribution in [0.2, 0.25) is 0 Å². The minimum Gasteiger partial charge on any atom is -0.379 e. The number of fused-ring (bicyclic) bond motifs is 1. The van der Waals surface area contributed by atoms with Crippen molar-refractivity contribution in [1.29, 1.82) is 0 Å². The molecule has 2 aliphatic heterocycles. The van der Waals surface area contributed by atoms with Gasteiger partial charge in [0.05, 0.1) is 12.6 Å². The summed E-state index contributed by atoms with van der Waals surface area (Å²) in [5.41, 5.74) is 3.57. The Morgan fingerprint density at radius 1 is 1.05 bits per heavy atom. The van der Waals surface area contributed by atoms with Crippen LogP contribution in [0.4, 0.5) is 10.3 Å². The topological polar surface area (TPSA) is 89.3 Å². The zero-order chi connectivity index (χ0) is 26.9. The summed E-state index contributed by atoms with van der Waals surface area (Å²) in [7, 11) is 0. The molecule has 200 valence electrons. The number of benzene rings is 2. The highest BCUT2D eigenvalue weighted by molar-refractivity contribution is 5.94. The van der Waals surface area contributed by atoms with E-state index in [9.17, 15) is 14.0 Å². The molecule has 4 heterocycles. The molecule has 2 aromatic heterocycles. The van der Waals surface area contributed by atoms with E-state index < -0.39 is 0 Å². The van der Waals surface area contributed by atoms with Crippen molar-refractivity contribution in [2.45, 2.75) is 38.3 Å². The molecular formula is C30H30FN5O3. The molecule has 1 amide bonds.